The molecule has 2 saturated heterocycles. The van der Waals surface area contributed by atoms with Crippen molar-refractivity contribution in [1.29, 1.82) is 0 Å². The highest BCUT2D eigenvalue weighted by Gasteiger charge is 2.33. The molecule has 0 N–H and O–H groups in total. The van der Waals surface area contributed by atoms with Gasteiger partial charge in [0.15, 0.2) is 15.5 Å². The van der Waals surface area contributed by atoms with Gasteiger partial charge in [-0.25, -0.2) is 12.8 Å². The summed E-state index contributed by atoms with van der Waals surface area (Å²) in [6.07, 6.45) is 0.484. The normalized spacial score (nSPS) is 20.0. The predicted octanol–water partition coefficient (Wildman–Crippen LogP) is 3.32. The van der Waals surface area contributed by atoms with Gasteiger partial charge < -0.3 is 9.80 Å². The van der Waals surface area contributed by atoms with E-state index in [4.69, 9.17) is 0 Å². The maximum absolute atomic E-state index is 14.2. The fourth-order valence-corrected chi connectivity index (χ4v) is 6.40. The third-order valence-electron chi connectivity index (χ3n) is 6.62. The first-order chi connectivity index (χ1) is 16.3. The number of piperazine rings is 1. The zero-order chi connectivity index (χ0) is 23.9. The van der Waals surface area contributed by atoms with E-state index < -0.39 is 9.84 Å². The summed E-state index contributed by atoms with van der Waals surface area (Å²) < 4.78 is 40.1. The first-order valence-electron chi connectivity index (χ1n) is 11.5. The number of para-hydroxylation sites is 1. The van der Waals surface area contributed by atoms with E-state index in [0.29, 0.717) is 44.0 Å². The van der Waals surface area contributed by atoms with Crippen LogP contribution in [0.3, 0.4) is 0 Å². The molecule has 9 heteroatoms. The van der Waals surface area contributed by atoms with Crippen LogP contribution in [-0.4, -0.2) is 66.7 Å². The second-order valence-corrected chi connectivity index (χ2v) is 11.2. The average Bonchev–Trinajstić information content (AvgIpc) is 3.43. The topological polar surface area (TPSA) is 75.5 Å². The van der Waals surface area contributed by atoms with Crippen molar-refractivity contribution in [1.82, 2.24) is 14.7 Å². The lowest BCUT2D eigenvalue weighted by Gasteiger charge is -2.35. The number of anilines is 1. The third-order valence-corrected chi connectivity index (χ3v) is 8.37. The smallest absolute Gasteiger partial charge is 0.274 e. The first kappa shape index (κ1) is 22.6. The molecule has 0 bridgehead atoms. The number of benzene rings is 2. The molecule has 1 atom stereocenters. The van der Waals surface area contributed by atoms with Gasteiger partial charge in [-0.2, -0.15) is 5.10 Å². The van der Waals surface area contributed by atoms with Gasteiger partial charge in [-0.1, -0.05) is 42.0 Å². The van der Waals surface area contributed by atoms with E-state index in [-0.39, 0.29) is 29.3 Å². The summed E-state index contributed by atoms with van der Waals surface area (Å²) in [5, 5.41) is 4.61. The Kier molecular flexibility index (Phi) is 5.89. The number of hydrogen-bond acceptors (Lipinski definition) is 5. The molecule has 0 aliphatic carbocycles. The summed E-state index contributed by atoms with van der Waals surface area (Å²) in [6, 6.07) is 16.0. The van der Waals surface area contributed by atoms with E-state index >= 15 is 0 Å². The molecular formula is C25H27FN4O3S. The summed E-state index contributed by atoms with van der Waals surface area (Å²) in [5.74, 6) is -0.300. The molecule has 0 saturated carbocycles. The lowest BCUT2D eigenvalue weighted by atomic mass is 10.1. The minimum atomic E-state index is -3.11. The Bertz CT molecular complexity index is 1310. The number of sulfone groups is 1. The van der Waals surface area contributed by atoms with Crippen molar-refractivity contribution in [3.05, 3.63) is 71.7 Å². The van der Waals surface area contributed by atoms with E-state index in [1.54, 1.807) is 33.8 Å². The molecule has 5 rings (SSSR count). The number of aromatic nitrogens is 2. The summed E-state index contributed by atoms with van der Waals surface area (Å²) in [7, 11) is -3.11. The Labute approximate surface area is 198 Å². The molecule has 2 aliphatic rings. The van der Waals surface area contributed by atoms with Gasteiger partial charge in [-0.3, -0.25) is 9.48 Å². The van der Waals surface area contributed by atoms with Crippen molar-refractivity contribution >= 4 is 21.4 Å². The van der Waals surface area contributed by atoms with Crippen LogP contribution in [0.1, 0.15) is 28.5 Å². The molecule has 3 heterocycles. The summed E-state index contributed by atoms with van der Waals surface area (Å²) in [5.41, 5.74) is 3.60. The molecule has 7 nitrogen and oxygen atoms in total. The van der Waals surface area contributed by atoms with Crippen LogP contribution >= 0.6 is 0 Å². The van der Waals surface area contributed by atoms with Crippen molar-refractivity contribution in [2.75, 3.05) is 42.6 Å². The number of aryl methyl sites for hydroxylation is 1. The quantitative estimate of drug-likeness (QED) is 0.570. The Balaban J connectivity index is 1.39. The lowest BCUT2D eigenvalue weighted by molar-refractivity contribution is 0.0739. The van der Waals surface area contributed by atoms with Crippen molar-refractivity contribution in [2.24, 2.45) is 0 Å². The molecule has 34 heavy (non-hydrogen) atoms. The molecular weight excluding hydrogens is 455 g/mol. The molecule has 2 aliphatic heterocycles. The van der Waals surface area contributed by atoms with Gasteiger partial charge in [0.2, 0.25) is 0 Å². The largest absolute Gasteiger partial charge is 0.366 e. The Morgan fingerprint density at radius 3 is 2.38 bits per heavy atom. The molecule has 1 aromatic heterocycles. The average molecular weight is 483 g/mol. The molecule has 2 fully saturated rings. The van der Waals surface area contributed by atoms with Gasteiger partial charge in [0.05, 0.1) is 28.9 Å². The van der Waals surface area contributed by atoms with Gasteiger partial charge >= 0.3 is 0 Å². The van der Waals surface area contributed by atoms with Crippen LogP contribution in [0.2, 0.25) is 0 Å². The highest BCUT2D eigenvalue weighted by atomic mass is 32.2. The van der Waals surface area contributed by atoms with Gasteiger partial charge in [-0.15, -0.1) is 0 Å². The van der Waals surface area contributed by atoms with Gasteiger partial charge in [0.25, 0.3) is 5.91 Å². The van der Waals surface area contributed by atoms with Crippen LogP contribution in [0.4, 0.5) is 10.1 Å². The van der Waals surface area contributed by atoms with Crippen molar-refractivity contribution in [3.8, 4) is 11.3 Å². The summed E-state index contributed by atoms with van der Waals surface area (Å²) in [4.78, 5) is 17.0. The van der Waals surface area contributed by atoms with Gasteiger partial charge in [-0.05, 0) is 37.1 Å². The summed E-state index contributed by atoms with van der Waals surface area (Å²) >= 11 is 0. The number of hydrogen-bond donors (Lipinski definition) is 0. The molecule has 178 valence electrons. The van der Waals surface area contributed by atoms with E-state index in [1.807, 2.05) is 36.1 Å². The Hall–Kier alpha value is -3.20. The Morgan fingerprint density at radius 1 is 1.03 bits per heavy atom. The van der Waals surface area contributed by atoms with Gasteiger partial charge in [0.1, 0.15) is 5.82 Å². The van der Waals surface area contributed by atoms with E-state index in [1.165, 1.54) is 6.07 Å². The number of amides is 1. The van der Waals surface area contributed by atoms with Crippen LogP contribution in [0.25, 0.3) is 11.3 Å². The molecule has 0 unspecified atom stereocenters. The van der Waals surface area contributed by atoms with Crippen LogP contribution in [0.5, 0.6) is 0 Å². The highest BCUT2D eigenvalue weighted by molar-refractivity contribution is 7.91. The Morgan fingerprint density at radius 2 is 1.74 bits per heavy atom. The van der Waals surface area contributed by atoms with Crippen LogP contribution < -0.4 is 4.90 Å². The fraction of sp³-hybridized carbons (Fsp3) is 0.360. The number of carbonyl (C=O) groups excluding carboxylic acids is 1. The lowest BCUT2D eigenvalue weighted by Crippen LogP contribution is -2.49. The number of nitrogens with zero attached hydrogens (tertiary/aromatic N) is 4. The van der Waals surface area contributed by atoms with Crippen molar-refractivity contribution in [2.45, 2.75) is 19.4 Å². The second kappa shape index (κ2) is 8.87. The maximum Gasteiger partial charge on any atom is 0.274 e. The minimum Gasteiger partial charge on any atom is -0.366 e. The first-order valence-corrected chi connectivity index (χ1v) is 13.3. The maximum atomic E-state index is 14.2. The number of carbonyl (C=O) groups is 1. The third kappa shape index (κ3) is 4.44. The SMILES string of the molecule is Cc1ccc(-c2cc(C(=O)N3CCN(c4ccccc4F)CC3)nn2[C@H]2CCS(=O)(=O)C2)cc1. The summed E-state index contributed by atoms with van der Waals surface area (Å²) in [6.45, 7) is 3.97. The zero-order valence-electron chi connectivity index (χ0n) is 19.0. The van der Waals surface area contributed by atoms with Crippen molar-refractivity contribution < 1.29 is 17.6 Å². The molecule has 3 aromatic rings. The van der Waals surface area contributed by atoms with Crippen LogP contribution in [0.15, 0.2) is 54.6 Å². The molecule has 0 spiro atoms. The van der Waals surface area contributed by atoms with E-state index in [2.05, 4.69) is 5.10 Å². The standard InChI is InChI=1S/C25H27FN4O3S/c1-18-6-8-19(9-7-18)24-16-22(27-30(24)20-10-15-34(32,33)17-20)25(31)29-13-11-28(12-14-29)23-5-3-2-4-21(23)26/h2-9,16,20H,10-15,17H2,1H3/t20-/m0/s1. The van der Waals surface area contributed by atoms with Gasteiger partial charge in [0, 0.05) is 26.2 Å². The van der Waals surface area contributed by atoms with E-state index in [9.17, 15) is 17.6 Å². The zero-order valence-corrected chi connectivity index (χ0v) is 19.8. The van der Waals surface area contributed by atoms with Crippen LogP contribution in [0, 0.1) is 12.7 Å². The molecule has 2 aromatic carbocycles. The second-order valence-electron chi connectivity index (χ2n) is 9.01. The fourth-order valence-electron chi connectivity index (χ4n) is 4.71. The number of halogens is 1. The predicted molar refractivity (Wildman–Crippen MR) is 129 cm³/mol. The van der Waals surface area contributed by atoms with Crippen LogP contribution in [-0.2, 0) is 9.84 Å². The van der Waals surface area contributed by atoms with E-state index in [0.717, 1.165) is 16.8 Å². The monoisotopic (exact) mass is 482 g/mol. The highest BCUT2D eigenvalue weighted by Crippen LogP contribution is 2.31. The molecule has 0 radical (unpaired) electrons. The molecule has 1 amide bonds. The number of rotatable bonds is 4. The van der Waals surface area contributed by atoms with Crippen molar-refractivity contribution in [3.63, 3.8) is 0 Å². The minimum absolute atomic E-state index is 0.0302.